The second kappa shape index (κ2) is 28.3. The molecule has 0 aromatic heterocycles. The minimum Gasteiger partial charge on any atom is -0.479 e. The molecular weight excluding hydrogens is 428 g/mol. The number of carboxylic acid groups (broad SMARTS) is 2. The molecule has 0 saturated heterocycles. The van der Waals surface area contributed by atoms with Crippen molar-refractivity contribution in [1.29, 1.82) is 0 Å². The average molecular weight is 479 g/mol. The lowest BCUT2D eigenvalue weighted by Crippen LogP contribution is -2.29. The first-order chi connectivity index (χ1) is 15.6. The number of aliphatic hydroxyl groups is 2. The number of aliphatic carboxylic acids is 2. The average Bonchev–Trinajstić information content (AvgIpc) is 2.76. The van der Waals surface area contributed by atoms with Crippen molar-refractivity contribution in [2.45, 2.75) is 136 Å². The van der Waals surface area contributed by atoms with Crippen LogP contribution >= 0.6 is 0 Å². The minimum atomic E-state index is -1.23. The third-order valence-electron chi connectivity index (χ3n) is 4.88. The molecule has 9 heteroatoms. The number of aliphatic hydroxyl groups excluding tert-OH is 2. The van der Waals surface area contributed by atoms with E-state index < -0.39 is 24.1 Å². The lowest BCUT2D eigenvalue weighted by Gasteiger charge is -2.03. The number of hydrazine groups is 1. The highest BCUT2D eigenvalue weighted by Crippen LogP contribution is 2.13. The van der Waals surface area contributed by atoms with Crippen molar-refractivity contribution in [2.75, 3.05) is 0 Å². The third kappa shape index (κ3) is 37.9. The fourth-order valence-corrected chi connectivity index (χ4v) is 2.73. The standard InChI is InChI=1S/C18H38N2O.2C3H6O3/c1-2-3-4-5-6-7-8-9-10-11-12-13-14-15-16-17-18(21)20-19;2*1-2(4)3(5)6/h2-17,19H2,1H3,(H,20,21);2*2,4H,1H3,(H,5,6). The van der Waals surface area contributed by atoms with Crippen LogP contribution in [0.5, 0.6) is 0 Å². The Morgan fingerprint density at radius 2 is 0.879 bits per heavy atom. The molecule has 0 fully saturated rings. The topological polar surface area (TPSA) is 170 Å². The van der Waals surface area contributed by atoms with Crippen LogP contribution in [0, 0.1) is 0 Å². The van der Waals surface area contributed by atoms with Crippen LogP contribution in [0.25, 0.3) is 0 Å². The van der Waals surface area contributed by atoms with Gasteiger partial charge in [0.1, 0.15) is 12.2 Å². The number of nitrogens with two attached hydrogens (primary N) is 1. The maximum Gasteiger partial charge on any atom is 0.332 e. The number of nitrogens with one attached hydrogen (secondary N) is 1. The number of carbonyl (C=O) groups excluding carboxylic acids is 1. The summed E-state index contributed by atoms with van der Waals surface area (Å²) in [5.41, 5.74) is 2.18. The third-order valence-corrected chi connectivity index (χ3v) is 4.88. The maximum atomic E-state index is 10.9. The van der Waals surface area contributed by atoms with Gasteiger partial charge in [-0.3, -0.25) is 10.2 Å². The molecule has 198 valence electrons. The van der Waals surface area contributed by atoms with Gasteiger partial charge in [-0.2, -0.15) is 0 Å². The van der Waals surface area contributed by atoms with Gasteiger partial charge in [-0.15, -0.1) is 0 Å². The van der Waals surface area contributed by atoms with Crippen LogP contribution in [0.4, 0.5) is 0 Å². The van der Waals surface area contributed by atoms with E-state index in [0.29, 0.717) is 6.42 Å². The van der Waals surface area contributed by atoms with Gasteiger partial charge in [0, 0.05) is 6.42 Å². The summed E-state index contributed by atoms with van der Waals surface area (Å²) >= 11 is 0. The molecule has 0 aliphatic rings. The molecule has 0 saturated carbocycles. The summed E-state index contributed by atoms with van der Waals surface area (Å²) in [5.74, 6) is 2.63. The van der Waals surface area contributed by atoms with Gasteiger partial charge >= 0.3 is 11.9 Å². The first kappa shape index (κ1) is 35.9. The predicted octanol–water partition coefficient (Wildman–Crippen LogP) is 4.14. The van der Waals surface area contributed by atoms with Gasteiger partial charge in [0.15, 0.2) is 0 Å². The second-order valence-electron chi connectivity index (χ2n) is 8.30. The van der Waals surface area contributed by atoms with Crippen molar-refractivity contribution in [1.82, 2.24) is 5.43 Å². The number of unbranched alkanes of at least 4 members (excludes halogenated alkanes) is 14. The zero-order valence-electron chi connectivity index (χ0n) is 21.1. The lowest BCUT2D eigenvalue weighted by atomic mass is 10.0. The quantitative estimate of drug-likeness (QED) is 0.0738. The van der Waals surface area contributed by atoms with Crippen molar-refractivity contribution >= 4 is 17.8 Å². The fraction of sp³-hybridized carbons (Fsp3) is 0.875. The largest absolute Gasteiger partial charge is 0.479 e. The monoisotopic (exact) mass is 478 g/mol. The Labute approximate surface area is 200 Å². The molecule has 33 heavy (non-hydrogen) atoms. The molecule has 0 aromatic rings. The fourth-order valence-electron chi connectivity index (χ4n) is 2.73. The molecule has 0 rings (SSSR count). The van der Waals surface area contributed by atoms with E-state index in [2.05, 4.69) is 12.3 Å². The molecule has 0 heterocycles. The van der Waals surface area contributed by atoms with Gasteiger partial charge in [-0.1, -0.05) is 96.8 Å². The Morgan fingerprint density at radius 1 is 0.636 bits per heavy atom. The Kier molecular flexibility index (Phi) is 30.8. The Bertz CT molecular complexity index is 440. The summed E-state index contributed by atoms with van der Waals surface area (Å²) in [5, 5.41) is 31.5. The zero-order valence-corrected chi connectivity index (χ0v) is 21.1. The number of hydrogen-bond donors (Lipinski definition) is 6. The Morgan fingerprint density at radius 3 is 1.09 bits per heavy atom. The van der Waals surface area contributed by atoms with Crippen LogP contribution < -0.4 is 11.3 Å². The summed E-state index contributed by atoms with van der Waals surface area (Å²) in [6, 6.07) is 0. The van der Waals surface area contributed by atoms with E-state index in [-0.39, 0.29) is 5.91 Å². The number of rotatable bonds is 18. The smallest absolute Gasteiger partial charge is 0.332 e. The van der Waals surface area contributed by atoms with Crippen molar-refractivity contribution in [3.63, 3.8) is 0 Å². The minimum absolute atomic E-state index is 0.0373. The Balaban J connectivity index is -0.000000611. The van der Waals surface area contributed by atoms with Crippen LogP contribution in [-0.2, 0) is 14.4 Å². The summed E-state index contributed by atoms with van der Waals surface area (Å²) in [4.78, 5) is 29.8. The van der Waals surface area contributed by atoms with E-state index in [1.807, 2.05) is 0 Å². The summed E-state index contributed by atoms with van der Waals surface area (Å²) in [7, 11) is 0. The molecule has 0 bridgehead atoms. The summed E-state index contributed by atoms with van der Waals surface area (Å²) in [6.07, 6.45) is 18.3. The van der Waals surface area contributed by atoms with Crippen molar-refractivity contribution in [2.24, 2.45) is 5.84 Å². The molecular formula is C24H50N2O7. The number of carbonyl (C=O) groups is 3. The molecule has 9 nitrogen and oxygen atoms in total. The van der Waals surface area contributed by atoms with Gasteiger partial charge in [0.05, 0.1) is 0 Å². The summed E-state index contributed by atoms with van der Waals surface area (Å²) in [6.45, 7) is 4.67. The van der Waals surface area contributed by atoms with E-state index in [1.165, 1.54) is 97.3 Å². The molecule has 2 atom stereocenters. The van der Waals surface area contributed by atoms with E-state index >= 15 is 0 Å². The molecule has 0 aromatic carbocycles. The maximum absolute atomic E-state index is 10.9. The summed E-state index contributed by atoms with van der Waals surface area (Å²) < 4.78 is 0. The molecule has 7 N–H and O–H groups in total. The highest BCUT2D eigenvalue weighted by atomic mass is 16.4. The molecule has 0 aliphatic carbocycles. The lowest BCUT2D eigenvalue weighted by molar-refractivity contribution is -0.146. The van der Waals surface area contributed by atoms with Crippen LogP contribution in [0.2, 0.25) is 0 Å². The SMILES string of the molecule is CC(O)C(=O)O.CC(O)C(=O)O.CCCCCCCCCCCCCCCCCC(=O)NN. The van der Waals surface area contributed by atoms with Gasteiger partial charge in [0.2, 0.25) is 5.91 Å². The van der Waals surface area contributed by atoms with Gasteiger partial charge in [0.25, 0.3) is 0 Å². The van der Waals surface area contributed by atoms with Crippen molar-refractivity contribution < 1.29 is 34.8 Å². The van der Waals surface area contributed by atoms with Crippen LogP contribution in [-0.4, -0.2) is 50.5 Å². The first-order valence-electron chi connectivity index (χ1n) is 12.4. The second-order valence-corrected chi connectivity index (χ2v) is 8.30. The highest BCUT2D eigenvalue weighted by Gasteiger charge is 2.02. The normalized spacial score (nSPS) is 11.8. The molecule has 2 unspecified atom stereocenters. The van der Waals surface area contributed by atoms with Gasteiger partial charge < -0.3 is 20.4 Å². The molecule has 0 spiro atoms. The van der Waals surface area contributed by atoms with E-state index in [9.17, 15) is 14.4 Å². The van der Waals surface area contributed by atoms with Crippen LogP contribution in [0.3, 0.4) is 0 Å². The van der Waals surface area contributed by atoms with E-state index in [4.69, 9.17) is 26.3 Å². The van der Waals surface area contributed by atoms with Gasteiger partial charge in [-0.25, -0.2) is 15.4 Å². The number of hydrogen-bond acceptors (Lipinski definition) is 6. The first-order valence-corrected chi connectivity index (χ1v) is 12.4. The number of carboxylic acids is 2. The molecule has 0 radical (unpaired) electrons. The highest BCUT2D eigenvalue weighted by molar-refractivity contribution is 5.75. The van der Waals surface area contributed by atoms with Crippen molar-refractivity contribution in [3.05, 3.63) is 0 Å². The van der Waals surface area contributed by atoms with Crippen molar-refractivity contribution in [3.8, 4) is 0 Å². The van der Waals surface area contributed by atoms with Gasteiger partial charge in [-0.05, 0) is 20.3 Å². The van der Waals surface area contributed by atoms with Crippen LogP contribution in [0.1, 0.15) is 124 Å². The molecule has 0 aliphatic heterocycles. The predicted molar refractivity (Wildman–Crippen MR) is 131 cm³/mol. The number of amides is 1. The zero-order chi connectivity index (χ0) is 25.9. The van der Waals surface area contributed by atoms with E-state index in [1.54, 1.807) is 0 Å². The van der Waals surface area contributed by atoms with E-state index in [0.717, 1.165) is 12.8 Å². The Hall–Kier alpha value is -1.71. The molecule has 1 amide bonds. The van der Waals surface area contributed by atoms with Crippen LogP contribution in [0.15, 0.2) is 0 Å².